The first-order valence-electron chi connectivity index (χ1n) is 10.8. The molecule has 1 atom stereocenters. The number of urea groups is 1. The van der Waals surface area contributed by atoms with Gasteiger partial charge in [0, 0.05) is 48.5 Å². The Morgan fingerprint density at radius 3 is 2.28 bits per heavy atom. The second-order valence-corrected chi connectivity index (χ2v) is 8.39. The van der Waals surface area contributed by atoms with Crippen LogP contribution in [0.3, 0.4) is 0 Å². The third-order valence-electron chi connectivity index (χ3n) is 6.15. The third kappa shape index (κ3) is 4.51. The van der Waals surface area contributed by atoms with Crippen LogP contribution in [0.5, 0.6) is 11.5 Å². The number of carbonyl (C=O) groups is 2. The number of phenols is 2. The number of nitrogens with zero attached hydrogens (tertiary/aromatic N) is 2. The van der Waals surface area contributed by atoms with Gasteiger partial charge in [0.1, 0.15) is 23.3 Å². The van der Waals surface area contributed by atoms with Crippen molar-refractivity contribution in [2.75, 3.05) is 11.9 Å². The highest BCUT2D eigenvalue weighted by Crippen LogP contribution is 2.38. The number of hydrogen-bond acceptors (Lipinski definition) is 4. The zero-order chi connectivity index (χ0) is 26.3. The minimum atomic E-state index is -1.15. The molecule has 0 saturated heterocycles. The molecule has 36 heavy (non-hydrogen) atoms. The molecule has 1 aliphatic heterocycles. The smallest absolute Gasteiger partial charge is 0.325 e. The first kappa shape index (κ1) is 24.8. The molecule has 0 radical (unpaired) electrons. The molecule has 0 unspecified atom stereocenters. The van der Waals surface area contributed by atoms with E-state index in [1.165, 1.54) is 21.9 Å². The molecule has 1 heterocycles. The van der Waals surface area contributed by atoms with E-state index in [0.717, 1.165) is 12.1 Å². The Morgan fingerprint density at radius 1 is 0.972 bits per heavy atom. The van der Waals surface area contributed by atoms with Crippen molar-refractivity contribution >= 4 is 17.6 Å². The van der Waals surface area contributed by atoms with E-state index in [2.05, 4.69) is 5.32 Å². The first-order valence-corrected chi connectivity index (χ1v) is 10.8. The molecule has 0 aromatic heterocycles. The Morgan fingerprint density at radius 2 is 1.61 bits per heavy atom. The van der Waals surface area contributed by atoms with Crippen LogP contribution >= 0.6 is 0 Å². The average molecular weight is 503 g/mol. The summed E-state index contributed by atoms with van der Waals surface area (Å²) in [6.45, 7) is 0.897. The van der Waals surface area contributed by atoms with Crippen molar-refractivity contribution in [3.63, 3.8) is 0 Å². The van der Waals surface area contributed by atoms with Crippen LogP contribution < -0.4 is 10.2 Å². The van der Waals surface area contributed by atoms with Crippen LogP contribution in [0.1, 0.15) is 40.0 Å². The minimum Gasteiger partial charge on any atom is -0.504 e. The van der Waals surface area contributed by atoms with E-state index in [4.69, 9.17) is 0 Å². The van der Waals surface area contributed by atoms with Crippen molar-refractivity contribution in [3.8, 4) is 11.5 Å². The summed E-state index contributed by atoms with van der Waals surface area (Å²) in [5.74, 6) is -6.16. The number of nitrogens with one attached hydrogen (secondary N) is 1. The van der Waals surface area contributed by atoms with E-state index in [1.54, 1.807) is 20.0 Å². The van der Waals surface area contributed by atoms with Crippen molar-refractivity contribution in [2.24, 2.45) is 0 Å². The molecule has 7 nitrogen and oxygen atoms in total. The maximum absolute atomic E-state index is 14.5. The zero-order valence-corrected chi connectivity index (χ0v) is 19.2. The number of fused-ring (bicyclic) bond motifs is 1. The molecule has 4 rings (SSSR count). The largest absolute Gasteiger partial charge is 0.504 e. The lowest BCUT2D eigenvalue weighted by Crippen LogP contribution is -2.46. The average Bonchev–Trinajstić information content (AvgIpc) is 2.82. The lowest BCUT2D eigenvalue weighted by molar-refractivity contribution is 0.0950. The van der Waals surface area contributed by atoms with E-state index in [0.29, 0.717) is 23.4 Å². The normalized spacial score (nSPS) is 15.2. The second kappa shape index (κ2) is 9.40. The number of amides is 3. The highest BCUT2D eigenvalue weighted by molar-refractivity contribution is 5.99. The molecule has 1 aliphatic rings. The van der Waals surface area contributed by atoms with Crippen molar-refractivity contribution in [1.82, 2.24) is 10.2 Å². The summed E-state index contributed by atoms with van der Waals surface area (Å²) in [7, 11) is 1.56. The molecular weight excluding hydrogens is 482 g/mol. The minimum absolute atomic E-state index is 0.0558. The predicted molar refractivity (Wildman–Crippen MR) is 121 cm³/mol. The van der Waals surface area contributed by atoms with Gasteiger partial charge in [-0.1, -0.05) is 6.07 Å². The van der Waals surface area contributed by atoms with Crippen molar-refractivity contribution in [1.29, 1.82) is 0 Å². The highest BCUT2D eigenvalue weighted by Gasteiger charge is 2.34. The Kier molecular flexibility index (Phi) is 6.49. The summed E-state index contributed by atoms with van der Waals surface area (Å²) < 4.78 is 55.4. The van der Waals surface area contributed by atoms with E-state index >= 15 is 0 Å². The molecule has 0 saturated carbocycles. The number of phenolic OH excluding ortho intramolecular Hbond substituents is 2. The maximum atomic E-state index is 14.5. The van der Waals surface area contributed by atoms with Gasteiger partial charge in [0.25, 0.3) is 5.91 Å². The second-order valence-electron chi connectivity index (χ2n) is 8.39. The molecule has 3 aromatic rings. The van der Waals surface area contributed by atoms with Gasteiger partial charge < -0.3 is 20.4 Å². The number of aromatic hydroxyl groups is 2. The molecule has 0 spiro atoms. The van der Waals surface area contributed by atoms with E-state index in [9.17, 15) is 37.4 Å². The lowest BCUT2D eigenvalue weighted by atomic mass is 9.98. The van der Waals surface area contributed by atoms with E-state index in [1.807, 2.05) is 0 Å². The topological polar surface area (TPSA) is 93.1 Å². The van der Waals surface area contributed by atoms with Crippen molar-refractivity contribution in [2.45, 2.75) is 26.1 Å². The fourth-order valence-electron chi connectivity index (χ4n) is 3.99. The van der Waals surface area contributed by atoms with E-state index in [-0.39, 0.29) is 23.7 Å². The lowest BCUT2D eigenvalue weighted by Gasteiger charge is -2.39. The van der Waals surface area contributed by atoms with Crippen LogP contribution in [0.25, 0.3) is 0 Å². The van der Waals surface area contributed by atoms with Gasteiger partial charge in [0.15, 0.2) is 11.5 Å². The summed E-state index contributed by atoms with van der Waals surface area (Å²) >= 11 is 0. The summed E-state index contributed by atoms with van der Waals surface area (Å²) in [5.41, 5.74) is 0.402. The predicted octanol–water partition coefficient (Wildman–Crippen LogP) is 4.72. The summed E-state index contributed by atoms with van der Waals surface area (Å²) in [5, 5.41) is 21.6. The quantitative estimate of drug-likeness (QED) is 0.347. The molecule has 188 valence electrons. The van der Waals surface area contributed by atoms with Gasteiger partial charge in [0.05, 0.1) is 18.3 Å². The first-order chi connectivity index (χ1) is 17.0. The Balaban J connectivity index is 1.65. The summed E-state index contributed by atoms with van der Waals surface area (Å²) in [4.78, 5) is 28.4. The van der Waals surface area contributed by atoms with Gasteiger partial charge in [-0.05, 0) is 30.7 Å². The standard InChI is InChI=1S/C25H21F4N3O4/c1-12-16-4-3-13(24(35)30-10-17-19(28)7-15(26)8-20(17)29)5-21(16)32(25(36)31(12)2)11-14-6-22(33)23(34)9-18(14)27/h3-9,12,33-34H,10-11H2,1-2H3,(H,30,35)/t12-/m0/s1. The fraction of sp³-hybridized carbons (Fsp3) is 0.200. The van der Waals surface area contributed by atoms with Gasteiger partial charge in [-0.15, -0.1) is 0 Å². The Bertz CT molecular complexity index is 1360. The Hall–Kier alpha value is -4.28. The number of benzene rings is 3. The van der Waals surface area contributed by atoms with Gasteiger partial charge in [0.2, 0.25) is 0 Å². The fourth-order valence-corrected chi connectivity index (χ4v) is 3.99. The van der Waals surface area contributed by atoms with E-state index < -0.39 is 58.8 Å². The highest BCUT2D eigenvalue weighted by atomic mass is 19.1. The molecule has 0 fully saturated rings. The van der Waals surface area contributed by atoms with Crippen molar-refractivity contribution in [3.05, 3.63) is 88.0 Å². The third-order valence-corrected chi connectivity index (χ3v) is 6.15. The van der Waals surface area contributed by atoms with Crippen LogP contribution in [0.4, 0.5) is 28.0 Å². The van der Waals surface area contributed by atoms with Gasteiger partial charge in [-0.25, -0.2) is 22.4 Å². The molecule has 3 N–H and O–H groups in total. The van der Waals surface area contributed by atoms with Crippen LogP contribution in [0.15, 0.2) is 42.5 Å². The van der Waals surface area contributed by atoms with Crippen LogP contribution in [0, 0.1) is 23.3 Å². The number of rotatable bonds is 5. The number of anilines is 1. The van der Waals surface area contributed by atoms with Gasteiger partial charge >= 0.3 is 6.03 Å². The summed E-state index contributed by atoms with van der Waals surface area (Å²) in [6, 6.07) is 6.31. The Labute approximate surface area is 203 Å². The van der Waals surface area contributed by atoms with Gasteiger partial charge in [-0.3, -0.25) is 9.69 Å². The molecular formula is C25H21F4N3O4. The SMILES string of the molecule is C[C@H]1c2ccc(C(=O)NCc3c(F)cc(F)cc3F)cc2N(Cc2cc(O)c(O)cc2F)C(=O)N1C. The number of carbonyl (C=O) groups excluding carboxylic acids is 2. The van der Waals surface area contributed by atoms with Crippen LogP contribution in [-0.2, 0) is 13.1 Å². The summed E-state index contributed by atoms with van der Waals surface area (Å²) in [6.07, 6.45) is 0. The van der Waals surface area contributed by atoms with Gasteiger partial charge in [-0.2, -0.15) is 0 Å². The molecule has 0 aliphatic carbocycles. The number of hydrogen-bond donors (Lipinski definition) is 3. The monoisotopic (exact) mass is 503 g/mol. The maximum Gasteiger partial charge on any atom is 0.325 e. The zero-order valence-electron chi connectivity index (χ0n) is 19.2. The number of halogens is 4. The molecule has 3 amide bonds. The molecule has 0 bridgehead atoms. The molecule has 3 aromatic carbocycles. The van der Waals surface area contributed by atoms with Crippen molar-refractivity contribution < 1.29 is 37.4 Å². The van der Waals surface area contributed by atoms with Crippen LogP contribution in [0.2, 0.25) is 0 Å². The molecule has 11 heteroatoms. The van der Waals surface area contributed by atoms with Crippen LogP contribution in [-0.4, -0.2) is 34.1 Å².